The topological polar surface area (TPSA) is 135 Å². The minimum absolute atomic E-state index is 0.0360. The molecule has 0 radical (unpaired) electrons. The average Bonchev–Trinajstić information content (AvgIpc) is 3.37. The summed E-state index contributed by atoms with van der Waals surface area (Å²) in [5.74, 6) is -0.541. The summed E-state index contributed by atoms with van der Waals surface area (Å²) in [6, 6.07) is 13.3. The number of thiophene rings is 1. The number of nitrogens with one attached hydrogen (secondary N) is 2. The largest absolute Gasteiger partial charge is 0.507 e. The number of phenols is 1. The van der Waals surface area contributed by atoms with Crippen molar-refractivity contribution in [1.82, 2.24) is 10.3 Å². The number of anilines is 1. The van der Waals surface area contributed by atoms with Crippen LogP contribution < -0.4 is 10.6 Å². The van der Waals surface area contributed by atoms with Crippen LogP contribution in [0.25, 0.3) is 21.6 Å². The van der Waals surface area contributed by atoms with Crippen LogP contribution in [0, 0.1) is 13.8 Å². The number of ether oxygens (including phenoxy) is 1. The number of hydrogen-bond acceptors (Lipinski definition) is 8. The Morgan fingerprint density at radius 3 is 2.33 bits per heavy atom. The number of benzene rings is 2. The first-order chi connectivity index (χ1) is 19.9. The first-order valence-corrected chi connectivity index (χ1v) is 14.0. The van der Waals surface area contributed by atoms with Gasteiger partial charge in [-0.25, -0.2) is 9.78 Å². The number of alkyl carbamates (subject to hydrolysis) is 1. The van der Waals surface area contributed by atoms with Gasteiger partial charge in [-0.15, -0.1) is 11.3 Å². The summed E-state index contributed by atoms with van der Waals surface area (Å²) >= 11 is 1.43. The van der Waals surface area contributed by atoms with Gasteiger partial charge < -0.3 is 20.5 Å². The van der Waals surface area contributed by atoms with Crippen molar-refractivity contribution in [3.63, 3.8) is 0 Å². The molecule has 0 saturated heterocycles. The Morgan fingerprint density at radius 2 is 1.71 bits per heavy atom. The Balaban J connectivity index is 1.70. The molecular weight excluding hydrogens is 554 g/mol. The van der Waals surface area contributed by atoms with E-state index in [0.29, 0.717) is 29.4 Å². The summed E-state index contributed by atoms with van der Waals surface area (Å²) < 4.78 is 5.28. The second-order valence-corrected chi connectivity index (χ2v) is 11.6. The molecule has 3 N–H and O–H groups in total. The van der Waals surface area contributed by atoms with E-state index >= 15 is 0 Å². The van der Waals surface area contributed by atoms with Gasteiger partial charge in [0.2, 0.25) is 0 Å². The molecular formula is C32H31N3O6S. The van der Waals surface area contributed by atoms with Gasteiger partial charge in [-0.1, -0.05) is 12.1 Å². The van der Waals surface area contributed by atoms with Crippen LogP contribution in [0.1, 0.15) is 68.8 Å². The summed E-state index contributed by atoms with van der Waals surface area (Å²) in [5, 5.41) is 18.6. The lowest BCUT2D eigenvalue weighted by atomic mass is 9.93. The Morgan fingerprint density at radius 1 is 0.952 bits per heavy atom. The van der Waals surface area contributed by atoms with Crippen molar-refractivity contribution in [2.45, 2.75) is 46.8 Å². The molecule has 0 spiro atoms. The van der Waals surface area contributed by atoms with Crippen LogP contribution in [-0.2, 0) is 11.3 Å². The quantitative estimate of drug-likeness (QED) is 0.196. The molecule has 10 heteroatoms. The smallest absolute Gasteiger partial charge is 0.407 e. The molecule has 2 aromatic carbocycles. The number of aromatic nitrogens is 1. The number of aryl methyl sites for hydroxylation is 2. The molecule has 4 rings (SSSR count). The Labute approximate surface area is 247 Å². The van der Waals surface area contributed by atoms with E-state index in [2.05, 4.69) is 15.6 Å². The molecule has 0 fully saturated rings. The standard InChI is InChI=1S/C32H31N3O6S/c1-18-10-11-42-29(18)25-13-24(23(14-28(25)38)22-8-7-21(16-36)34-27(22)17-37)30(39)35-26-9-6-20(12-19(26)2)15-33-31(40)41-32(3,4)5/h6-14,16-17,38H,15H2,1-5H3,(H,33,40)(H,35,39). The van der Waals surface area contributed by atoms with Crippen LogP contribution >= 0.6 is 11.3 Å². The van der Waals surface area contributed by atoms with Gasteiger partial charge >= 0.3 is 6.09 Å². The zero-order chi connectivity index (χ0) is 30.6. The van der Waals surface area contributed by atoms with E-state index in [4.69, 9.17) is 4.74 Å². The number of pyridine rings is 1. The van der Waals surface area contributed by atoms with Crippen molar-refractivity contribution in [3.8, 4) is 27.3 Å². The second kappa shape index (κ2) is 12.4. The minimum atomic E-state index is -0.609. The van der Waals surface area contributed by atoms with Gasteiger partial charge in [0.15, 0.2) is 12.6 Å². The van der Waals surface area contributed by atoms with Crippen molar-refractivity contribution in [2.75, 3.05) is 5.32 Å². The highest BCUT2D eigenvalue weighted by molar-refractivity contribution is 7.13. The van der Waals surface area contributed by atoms with Gasteiger partial charge in [0.25, 0.3) is 5.91 Å². The summed E-state index contributed by atoms with van der Waals surface area (Å²) in [7, 11) is 0. The highest BCUT2D eigenvalue weighted by Gasteiger charge is 2.22. The zero-order valence-electron chi connectivity index (χ0n) is 23.9. The molecule has 2 heterocycles. The first-order valence-electron chi connectivity index (χ1n) is 13.1. The van der Waals surface area contributed by atoms with E-state index < -0.39 is 17.6 Å². The Kier molecular flexibility index (Phi) is 8.87. The normalized spacial score (nSPS) is 11.1. The van der Waals surface area contributed by atoms with Gasteiger partial charge in [-0.05, 0) is 93.1 Å². The number of aromatic hydroxyl groups is 1. The zero-order valence-corrected chi connectivity index (χ0v) is 24.7. The molecule has 216 valence electrons. The van der Waals surface area contributed by atoms with Crippen molar-refractivity contribution >= 4 is 41.6 Å². The van der Waals surface area contributed by atoms with Crippen molar-refractivity contribution < 1.29 is 29.0 Å². The lowest BCUT2D eigenvalue weighted by Gasteiger charge is -2.20. The predicted molar refractivity (Wildman–Crippen MR) is 162 cm³/mol. The van der Waals surface area contributed by atoms with E-state index in [1.807, 2.05) is 31.4 Å². The molecule has 42 heavy (non-hydrogen) atoms. The highest BCUT2D eigenvalue weighted by Crippen LogP contribution is 2.40. The number of nitrogens with zero attached hydrogens (tertiary/aromatic N) is 1. The summed E-state index contributed by atoms with van der Waals surface area (Å²) in [6.07, 6.45) is 0.506. The molecule has 2 amide bonds. The van der Waals surface area contributed by atoms with Gasteiger partial charge in [-0.2, -0.15) is 0 Å². The molecule has 0 unspecified atom stereocenters. The number of phenolic OH excluding ortho intramolecular Hbond substituents is 1. The third kappa shape index (κ3) is 6.90. The molecule has 0 bridgehead atoms. The van der Waals surface area contributed by atoms with E-state index in [0.717, 1.165) is 21.6 Å². The maximum Gasteiger partial charge on any atom is 0.407 e. The van der Waals surface area contributed by atoms with Crippen molar-refractivity contribution in [3.05, 3.63) is 87.6 Å². The number of carbonyl (C=O) groups is 4. The number of rotatable bonds is 8. The number of aldehydes is 2. The number of hydrogen-bond donors (Lipinski definition) is 3. The average molecular weight is 586 g/mol. The summed E-state index contributed by atoms with van der Waals surface area (Å²) in [5.41, 5.74) is 3.73. The van der Waals surface area contributed by atoms with E-state index in [-0.39, 0.29) is 34.8 Å². The highest BCUT2D eigenvalue weighted by atomic mass is 32.1. The molecule has 0 aliphatic carbocycles. The fraction of sp³-hybridized carbons (Fsp3) is 0.219. The summed E-state index contributed by atoms with van der Waals surface area (Å²) in [4.78, 5) is 53.8. The Hall–Kier alpha value is -4.83. The van der Waals surface area contributed by atoms with Crippen LogP contribution in [0.15, 0.2) is 53.9 Å². The van der Waals surface area contributed by atoms with E-state index in [9.17, 15) is 24.3 Å². The number of amides is 2. The van der Waals surface area contributed by atoms with Gasteiger partial charge in [0.05, 0.1) is 0 Å². The van der Waals surface area contributed by atoms with Crippen LogP contribution in [0.2, 0.25) is 0 Å². The number of carbonyl (C=O) groups excluding carboxylic acids is 4. The lowest BCUT2D eigenvalue weighted by Crippen LogP contribution is -2.32. The van der Waals surface area contributed by atoms with Crippen molar-refractivity contribution in [2.24, 2.45) is 0 Å². The molecule has 4 aromatic rings. The first kappa shape index (κ1) is 30.1. The van der Waals surface area contributed by atoms with Gasteiger partial charge in [0, 0.05) is 39.4 Å². The molecule has 0 saturated carbocycles. The predicted octanol–water partition coefficient (Wildman–Crippen LogP) is 6.70. The SMILES string of the molecule is Cc1cc(CNC(=O)OC(C)(C)C)ccc1NC(=O)c1cc(-c2sccc2C)c(O)cc1-c1ccc(C=O)nc1C=O. The molecule has 9 nitrogen and oxygen atoms in total. The minimum Gasteiger partial charge on any atom is -0.507 e. The lowest BCUT2D eigenvalue weighted by molar-refractivity contribution is 0.0523. The molecule has 0 atom stereocenters. The maximum absolute atomic E-state index is 13.8. The second-order valence-electron chi connectivity index (χ2n) is 10.7. The fourth-order valence-corrected chi connectivity index (χ4v) is 5.31. The van der Waals surface area contributed by atoms with Gasteiger partial charge in [0.1, 0.15) is 22.7 Å². The molecule has 0 aliphatic rings. The Bertz CT molecular complexity index is 1690. The maximum atomic E-state index is 13.8. The third-order valence-electron chi connectivity index (χ3n) is 6.33. The van der Waals surface area contributed by atoms with Crippen LogP contribution in [0.4, 0.5) is 10.5 Å². The fourth-order valence-electron chi connectivity index (χ4n) is 4.36. The van der Waals surface area contributed by atoms with Crippen LogP contribution in [-0.4, -0.2) is 40.3 Å². The van der Waals surface area contributed by atoms with Gasteiger partial charge in [-0.3, -0.25) is 14.4 Å². The monoisotopic (exact) mass is 585 g/mol. The van der Waals surface area contributed by atoms with Crippen LogP contribution in [0.3, 0.4) is 0 Å². The van der Waals surface area contributed by atoms with Crippen LogP contribution in [0.5, 0.6) is 5.75 Å². The third-order valence-corrected chi connectivity index (χ3v) is 7.38. The molecule has 2 aromatic heterocycles. The van der Waals surface area contributed by atoms with E-state index in [1.54, 1.807) is 39.0 Å². The molecule has 0 aliphatic heterocycles. The van der Waals surface area contributed by atoms with E-state index in [1.165, 1.54) is 29.5 Å². The van der Waals surface area contributed by atoms with Crippen molar-refractivity contribution in [1.29, 1.82) is 0 Å². The summed E-state index contributed by atoms with van der Waals surface area (Å²) in [6.45, 7) is 9.34.